The summed E-state index contributed by atoms with van der Waals surface area (Å²) >= 11 is 0. The summed E-state index contributed by atoms with van der Waals surface area (Å²) in [7, 11) is 0. The van der Waals surface area contributed by atoms with E-state index in [1.165, 1.54) is 0 Å². The predicted molar refractivity (Wildman–Crippen MR) is 99.1 cm³/mol. The maximum Gasteiger partial charge on any atom is 0.273 e. The lowest BCUT2D eigenvalue weighted by Gasteiger charge is -2.12. The Hall–Kier alpha value is -3.02. The van der Waals surface area contributed by atoms with Gasteiger partial charge in [0.25, 0.3) is 5.91 Å². The fourth-order valence-corrected chi connectivity index (χ4v) is 2.66. The Labute approximate surface area is 146 Å². The quantitative estimate of drug-likeness (QED) is 0.764. The first kappa shape index (κ1) is 16.8. The second-order valence-electron chi connectivity index (χ2n) is 6.46. The minimum Gasteiger partial charge on any atom is -0.396 e. The van der Waals surface area contributed by atoms with E-state index in [4.69, 9.17) is 5.73 Å². The summed E-state index contributed by atoms with van der Waals surface area (Å²) in [6.45, 7) is 6.63. The van der Waals surface area contributed by atoms with Crippen LogP contribution in [0.3, 0.4) is 0 Å². The standard InChI is InChI=1S/C19H21N5O/c1-11(2)9-22-19(25)18-16(20)14-6-4-5-13(17(14)23-24-18)15-10-21-8-7-12(15)3/h4-8,10-11H,9H2,1-3H3,(H2,20,23)(H,22,25). The molecule has 0 aliphatic rings. The molecule has 0 saturated heterocycles. The third kappa shape index (κ3) is 3.28. The van der Waals surface area contributed by atoms with Gasteiger partial charge in [0.1, 0.15) is 5.52 Å². The normalized spacial score (nSPS) is 11.0. The molecule has 6 heteroatoms. The number of carbonyl (C=O) groups excluding carboxylic acids is 1. The Bertz CT molecular complexity index is 936. The van der Waals surface area contributed by atoms with Gasteiger partial charge in [-0.05, 0) is 24.5 Å². The van der Waals surface area contributed by atoms with Gasteiger partial charge in [0, 0.05) is 35.5 Å². The third-order valence-corrected chi connectivity index (χ3v) is 4.05. The zero-order chi connectivity index (χ0) is 18.0. The molecule has 3 N–H and O–H groups in total. The van der Waals surface area contributed by atoms with Crippen LogP contribution in [0.25, 0.3) is 22.0 Å². The summed E-state index contributed by atoms with van der Waals surface area (Å²) in [4.78, 5) is 16.5. The van der Waals surface area contributed by atoms with Gasteiger partial charge in [-0.3, -0.25) is 9.78 Å². The van der Waals surface area contributed by atoms with E-state index >= 15 is 0 Å². The number of benzene rings is 1. The van der Waals surface area contributed by atoms with Crippen LogP contribution in [0.4, 0.5) is 5.69 Å². The van der Waals surface area contributed by atoms with Crippen molar-refractivity contribution in [3.05, 3.63) is 47.9 Å². The Kier molecular flexibility index (Phi) is 4.61. The van der Waals surface area contributed by atoms with Crippen molar-refractivity contribution in [3.8, 4) is 11.1 Å². The molecule has 0 unspecified atom stereocenters. The summed E-state index contributed by atoms with van der Waals surface area (Å²) in [5.41, 5.74) is 10.4. The molecule has 0 radical (unpaired) electrons. The fourth-order valence-electron chi connectivity index (χ4n) is 2.66. The summed E-state index contributed by atoms with van der Waals surface area (Å²) < 4.78 is 0. The molecule has 1 amide bonds. The van der Waals surface area contributed by atoms with Crippen molar-refractivity contribution in [2.75, 3.05) is 12.3 Å². The zero-order valence-electron chi connectivity index (χ0n) is 14.6. The van der Waals surface area contributed by atoms with Crippen LogP contribution >= 0.6 is 0 Å². The summed E-state index contributed by atoms with van der Waals surface area (Å²) in [5, 5.41) is 11.9. The monoisotopic (exact) mass is 335 g/mol. The molecule has 0 aliphatic carbocycles. The molecule has 0 aliphatic heterocycles. The number of amides is 1. The first-order valence-corrected chi connectivity index (χ1v) is 8.23. The molecule has 0 bridgehead atoms. The summed E-state index contributed by atoms with van der Waals surface area (Å²) in [6, 6.07) is 7.66. The number of carbonyl (C=O) groups is 1. The number of aryl methyl sites for hydroxylation is 1. The highest BCUT2D eigenvalue weighted by molar-refractivity contribution is 6.07. The number of nitrogens with zero attached hydrogens (tertiary/aromatic N) is 3. The second-order valence-corrected chi connectivity index (χ2v) is 6.46. The van der Waals surface area contributed by atoms with Gasteiger partial charge in [-0.2, -0.15) is 0 Å². The molecule has 3 rings (SSSR count). The van der Waals surface area contributed by atoms with Crippen molar-refractivity contribution in [3.63, 3.8) is 0 Å². The van der Waals surface area contributed by atoms with Crippen molar-refractivity contribution in [2.24, 2.45) is 5.92 Å². The highest BCUT2D eigenvalue weighted by atomic mass is 16.1. The lowest BCUT2D eigenvalue weighted by molar-refractivity contribution is 0.0944. The second kappa shape index (κ2) is 6.84. The number of anilines is 1. The molecular weight excluding hydrogens is 314 g/mol. The SMILES string of the molecule is Cc1ccncc1-c1cccc2c(N)c(C(=O)NCC(C)C)nnc12. The Morgan fingerprint density at radius 3 is 2.72 bits per heavy atom. The molecule has 1 aromatic carbocycles. The Morgan fingerprint density at radius 2 is 2.00 bits per heavy atom. The van der Waals surface area contributed by atoms with E-state index in [9.17, 15) is 4.79 Å². The number of nitrogens with one attached hydrogen (secondary N) is 1. The lowest BCUT2D eigenvalue weighted by atomic mass is 9.99. The van der Waals surface area contributed by atoms with Crippen molar-refractivity contribution >= 4 is 22.5 Å². The van der Waals surface area contributed by atoms with E-state index in [0.717, 1.165) is 16.7 Å². The summed E-state index contributed by atoms with van der Waals surface area (Å²) in [5.74, 6) is 0.0438. The number of aromatic nitrogens is 3. The maximum atomic E-state index is 12.3. The van der Waals surface area contributed by atoms with Crippen LogP contribution in [-0.2, 0) is 0 Å². The van der Waals surface area contributed by atoms with Gasteiger partial charge in [-0.1, -0.05) is 32.0 Å². The van der Waals surface area contributed by atoms with Crippen LogP contribution < -0.4 is 11.1 Å². The molecule has 6 nitrogen and oxygen atoms in total. The Morgan fingerprint density at radius 1 is 1.20 bits per heavy atom. The average molecular weight is 335 g/mol. The van der Waals surface area contributed by atoms with Crippen LogP contribution in [0.2, 0.25) is 0 Å². The van der Waals surface area contributed by atoms with Crippen LogP contribution in [0.5, 0.6) is 0 Å². The van der Waals surface area contributed by atoms with Crippen LogP contribution in [0.1, 0.15) is 29.9 Å². The number of nitrogen functional groups attached to an aromatic ring is 1. The molecule has 0 saturated carbocycles. The number of fused-ring (bicyclic) bond motifs is 1. The molecule has 0 atom stereocenters. The van der Waals surface area contributed by atoms with E-state index in [1.807, 2.05) is 45.0 Å². The number of hydrogen-bond donors (Lipinski definition) is 2. The van der Waals surface area contributed by atoms with Crippen molar-refractivity contribution in [2.45, 2.75) is 20.8 Å². The molecule has 0 spiro atoms. The first-order chi connectivity index (χ1) is 12.0. The first-order valence-electron chi connectivity index (χ1n) is 8.23. The van der Waals surface area contributed by atoms with E-state index in [2.05, 4.69) is 20.5 Å². The minimum absolute atomic E-state index is 0.160. The van der Waals surface area contributed by atoms with Gasteiger partial charge in [-0.15, -0.1) is 10.2 Å². The largest absolute Gasteiger partial charge is 0.396 e. The number of nitrogens with two attached hydrogens (primary N) is 1. The number of rotatable bonds is 4. The number of hydrogen-bond acceptors (Lipinski definition) is 5. The van der Waals surface area contributed by atoms with Gasteiger partial charge < -0.3 is 11.1 Å². The fraction of sp³-hybridized carbons (Fsp3) is 0.263. The van der Waals surface area contributed by atoms with Gasteiger partial charge in [0.05, 0.1) is 5.69 Å². The number of pyridine rings is 1. The molecule has 2 heterocycles. The highest BCUT2D eigenvalue weighted by Crippen LogP contribution is 2.31. The highest BCUT2D eigenvalue weighted by Gasteiger charge is 2.17. The topological polar surface area (TPSA) is 93.8 Å². The van der Waals surface area contributed by atoms with Gasteiger partial charge >= 0.3 is 0 Å². The van der Waals surface area contributed by atoms with E-state index in [-0.39, 0.29) is 11.6 Å². The lowest BCUT2D eigenvalue weighted by Crippen LogP contribution is -2.29. The van der Waals surface area contributed by atoms with E-state index in [0.29, 0.717) is 29.1 Å². The van der Waals surface area contributed by atoms with Crippen molar-refractivity contribution in [1.82, 2.24) is 20.5 Å². The van der Waals surface area contributed by atoms with Crippen LogP contribution in [0, 0.1) is 12.8 Å². The molecular formula is C19H21N5O. The van der Waals surface area contributed by atoms with Gasteiger partial charge in [0.2, 0.25) is 0 Å². The molecule has 2 aromatic heterocycles. The van der Waals surface area contributed by atoms with Gasteiger partial charge in [0.15, 0.2) is 5.69 Å². The van der Waals surface area contributed by atoms with Crippen molar-refractivity contribution in [1.29, 1.82) is 0 Å². The van der Waals surface area contributed by atoms with E-state index in [1.54, 1.807) is 12.4 Å². The van der Waals surface area contributed by atoms with Crippen molar-refractivity contribution < 1.29 is 4.79 Å². The molecule has 3 aromatic rings. The third-order valence-electron chi connectivity index (χ3n) is 4.05. The minimum atomic E-state index is -0.302. The maximum absolute atomic E-state index is 12.3. The molecule has 128 valence electrons. The van der Waals surface area contributed by atoms with Gasteiger partial charge in [-0.25, -0.2) is 0 Å². The summed E-state index contributed by atoms with van der Waals surface area (Å²) in [6.07, 6.45) is 3.55. The zero-order valence-corrected chi connectivity index (χ0v) is 14.6. The molecule has 25 heavy (non-hydrogen) atoms. The van der Waals surface area contributed by atoms with E-state index < -0.39 is 0 Å². The average Bonchev–Trinajstić information content (AvgIpc) is 2.60. The smallest absolute Gasteiger partial charge is 0.273 e. The molecule has 0 fully saturated rings. The predicted octanol–water partition coefficient (Wildman–Crippen LogP) is 2.97. The van der Waals surface area contributed by atoms with Crippen LogP contribution in [0.15, 0.2) is 36.7 Å². The van der Waals surface area contributed by atoms with Crippen LogP contribution in [-0.4, -0.2) is 27.6 Å². The Balaban J connectivity index is 2.09.